The van der Waals surface area contributed by atoms with Gasteiger partial charge < -0.3 is 5.32 Å². The molecule has 0 spiro atoms. The van der Waals surface area contributed by atoms with E-state index in [-0.39, 0.29) is 5.54 Å². The number of nitrogens with one attached hydrogen (secondary N) is 1. The molecule has 1 fully saturated rings. The smallest absolute Gasteiger partial charge is 0.113 e. The minimum atomic E-state index is 0.198. The van der Waals surface area contributed by atoms with E-state index in [1.807, 2.05) is 6.20 Å². The van der Waals surface area contributed by atoms with Gasteiger partial charge in [-0.1, -0.05) is 13.8 Å². The van der Waals surface area contributed by atoms with Gasteiger partial charge in [-0.05, 0) is 31.7 Å². The summed E-state index contributed by atoms with van der Waals surface area (Å²) in [5.41, 5.74) is 0.198. The van der Waals surface area contributed by atoms with Crippen molar-refractivity contribution in [2.45, 2.75) is 32.2 Å². The average Bonchev–Trinajstić information content (AvgIpc) is 2.56. The molecule has 1 saturated carbocycles. The highest BCUT2D eigenvalue weighted by Crippen LogP contribution is 2.48. The zero-order valence-corrected chi connectivity index (χ0v) is 9.90. The van der Waals surface area contributed by atoms with Gasteiger partial charge in [0, 0.05) is 11.6 Å². The number of hydrogen-bond acceptors (Lipinski definition) is 3. The van der Waals surface area contributed by atoms with Gasteiger partial charge in [0.15, 0.2) is 0 Å². The van der Waals surface area contributed by atoms with Crippen molar-refractivity contribution in [2.24, 2.45) is 11.8 Å². The van der Waals surface area contributed by atoms with Gasteiger partial charge in [-0.3, -0.25) is 0 Å². The third-order valence-corrected chi connectivity index (χ3v) is 4.46. The molecule has 0 saturated heterocycles. The summed E-state index contributed by atoms with van der Waals surface area (Å²) in [6.45, 7) is 4.62. The van der Waals surface area contributed by atoms with E-state index >= 15 is 0 Å². The van der Waals surface area contributed by atoms with Gasteiger partial charge >= 0.3 is 0 Å². The van der Waals surface area contributed by atoms with Gasteiger partial charge in [0.05, 0.1) is 5.54 Å². The van der Waals surface area contributed by atoms with Gasteiger partial charge in [-0.2, -0.15) is 0 Å². The average molecular weight is 210 g/mol. The number of rotatable bonds is 3. The number of nitrogens with zero attached hydrogens (tertiary/aromatic N) is 1. The van der Waals surface area contributed by atoms with E-state index < -0.39 is 0 Å². The Kier molecular flexibility index (Phi) is 2.62. The zero-order chi connectivity index (χ0) is 10.2. The lowest BCUT2D eigenvalue weighted by Crippen LogP contribution is -2.52. The van der Waals surface area contributed by atoms with Gasteiger partial charge in [-0.25, -0.2) is 4.98 Å². The van der Waals surface area contributed by atoms with Crippen LogP contribution in [-0.4, -0.2) is 12.0 Å². The zero-order valence-electron chi connectivity index (χ0n) is 9.08. The third-order valence-electron chi connectivity index (χ3n) is 3.48. The minimum Gasteiger partial charge on any atom is -0.308 e. The summed E-state index contributed by atoms with van der Waals surface area (Å²) >= 11 is 1.77. The van der Waals surface area contributed by atoms with Crippen LogP contribution in [0.2, 0.25) is 0 Å². The first kappa shape index (κ1) is 10.1. The first-order valence-corrected chi connectivity index (χ1v) is 6.15. The molecule has 0 atom stereocenters. The summed E-state index contributed by atoms with van der Waals surface area (Å²) < 4.78 is 0. The second-order valence-corrected chi connectivity index (χ2v) is 5.48. The predicted molar refractivity (Wildman–Crippen MR) is 60.4 cm³/mol. The number of hydrogen-bond donors (Lipinski definition) is 1. The van der Waals surface area contributed by atoms with Crippen LogP contribution >= 0.6 is 11.3 Å². The van der Waals surface area contributed by atoms with Gasteiger partial charge in [0.1, 0.15) is 5.01 Å². The van der Waals surface area contributed by atoms with Crippen molar-refractivity contribution in [3.63, 3.8) is 0 Å². The Bertz CT molecular complexity index is 286. The molecule has 1 aliphatic carbocycles. The van der Waals surface area contributed by atoms with E-state index in [9.17, 15) is 0 Å². The van der Waals surface area contributed by atoms with Crippen molar-refractivity contribution < 1.29 is 0 Å². The molecule has 0 bridgehead atoms. The van der Waals surface area contributed by atoms with E-state index in [0.717, 1.165) is 11.8 Å². The Labute approximate surface area is 89.8 Å². The quantitative estimate of drug-likeness (QED) is 0.829. The van der Waals surface area contributed by atoms with E-state index in [2.05, 4.69) is 36.6 Å². The molecule has 1 aromatic heterocycles. The third kappa shape index (κ3) is 1.48. The molecule has 78 valence electrons. The van der Waals surface area contributed by atoms with Crippen LogP contribution in [0.5, 0.6) is 0 Å². The molecule has 0 amide bonds. The van der Waals surface area contributed by atoms with Crippen molar-refractivity contribution in [3.8, 4) is 0 Å². The lowest BCUT2D eigenvalue weighted by Gasteiger charge is -2.48. The lowest BCUT2D eigenvalue weighted by molar-refractivity contribution is 0.0749. The van der Waals surface area contributed by atoms with E-state index in [1.165, 1.54) is 17.8 Å². The van der Waals surface area contributed by atoms with Crippen LogP contribution < -0.4 is 5.32 Å². The molecule has 3 heteroatoms. The van der Waals surface area contributed by atoms with E-state index in [4.69, 9.17) is 0 Å². The Morgan fingerprint density at radius 1 is 1.57 bits per heavy atom. The van der Waals surface area contributed by atoms with Gasteiger partial charge in [0.25, 0.3) is 0 Å². The Hall–Kier alpha value is -0.410. The topological polar surface area (TPSA) is 24.9 Å². The van der Waals surface area contributed by atoms with Crippen LogP contribution in [0.3, 0.4) is 0 Å². The van der Waals surface area contributed by atoms with Crippen LogP contribution in [0, 0.1) is 11.8 Å². The van der Waals surface area contributed by atoms with Crippen LogP contribution in [0.4, 0.5) is 0 Å². The molecule has 14 heavy (non-hydrogen) atoms. The van der Waals surface area contributed by atoms with Crippen molar-refractivity contribution >= 4 is 11.3 Å². The van der Waals surface area contributed by atoms with Crippen molar-refractivity contribution in [1.29, 1.82) is 0 Å². The number of thiazole rings is 1. The van der Waals surface area contributed by atoms with Crippen LogP contribution in [0.15, 0.2) is 11.6 Å². The van der Waals surface area contributed by atoms with Gasteiger partial charge in [0.2, 0.25) is 0 Å². The maximum Gasteiger partial charge on any atom is 0.113 e. The fraction of sp³-hybridized carbons (Fsp3) is 0.727. The molecule has 1 N–H and O–H groups in total. The molecule has 0 radical (unpaired) electrons. The molecule has 2 rings (SSSR count). The molecule has 1 heterocycles. The molecule has 1 aliphatic rings. The summed E-state index contributed by atoms with van der Waals surface area (Å²) in [7, 11) is 2.05. The Balaban J connectivity index is 2.09. The molecular weight excluding hydrogens is 192 g/mol. The monoisotopic (exact) mass is 210 g/mol. The summed E-state index contributed by atoms with van der Waals surface area (Å²) in [4.78, 5) is 4.43. The largest absolute Gasteiger partial charge is 0.308 e. The van der Waals surface area contributed by atoms with E-state index in [0.29, 0.717) is 0 Å². The lowest BCUT2D eigenvalue weighted by atomic mass is 9.64. The van der Waals surface area contributed by atoms with E-state index in [1.54, 1.807) is 11.3 Å². The highest BCUT2D eigenvalue weighted by Gasteiger charge is 2.46. The highest BCUT2D eigenvalue weighted by molar-refractivity contribution is 7.09. The summed E-state index contributed by atoms with van der Waals surface area (Å²) in [5, 5.41) is 6.78. The Morgan fingerprint density at radius 3 is 2.71 bits per heavy atom. The predicted octanol–water partition coefficient (Wildman–Crippen LogP) is 2.62. The fourth-order valence-corrected chi connectivity index (χ4v) is 3.12. The molecular formula is C11H18N2S. The second kappa shape index (κ2) is 3.63. The second-order valence-electron chi connectivity index (χ2n) is 4.58. The number of aromatic nitrogens is 1. The molecule has 2 nitrogen and oxygen atoms in total. The first-order chi connectivity index (χ1) is 6.68. The molecule has 0 unspecified atom stereocenters. The maximum atomic E-state index is 4.43. The summed E-state index contributed by atoms with van der Waals surface area (Å²) in [6, 6.07) is 0. The summed E-state index contributed by atoms with van der Waals surface area (Å²) in [6.07, 6.45) is 4.39. The molecule has 1 aromatic rings. The normalized spacial score (nSPS) is 31.9. The summed E-state index contributed by atoms with van der Waals surface area (Å²) in [5.74, 6) is 1.67. The van der Waals surface area contributed by atoms with Crippen LogP contribution in [0.1, 0.15) is 31.7 Å². The van der Waals surface area contributed by atoms with Crippen molar-refractivity contribution in [3.05, 3.63) is 16.6 Å². The van der Waals surface area contributed by atoms with Crippen LogP contribution in [-0.2, 0) is 5.54 Å². The Morgan fingerprint density at radius 2 is 2.29 bits per heavy atom. The van der Waals surface area contributed by atoms with Crippen molar-refractivity contribution in [2.75, 3.05) is 7.05 Å². The highest BCUT2D eigenvalue weighted by atomic mass is 32.1. The SMILES string of the molecule is CNC1(c2nccs2)CC(C(C)C)C1. The fourth-order valence-electron chi connectivity index (χ4n) is 2.25. The maximum absolute atomic E-state index is 4.43. The standard InChI is InChI=1S/C11H18N2S/c1-8(2)9-6-11(7-9,12-3)10-13-4-5-14-10/h4-5,8-9,12H,6-7H2,1-3H3. The molecule has 0 aliphatic heterocycles. The van der Waals surface area contributed by atoms with Crippen molar-refractivity contribution in [1.82, 2.24) is 10.3 Å². The van der Waals surface area contributed by atoms with Crippen LogP contribution in [0.25, 0.3) is 0 Å². The first-order valence-electron chi connectivity index (χ1n) is 5.27. The minimum absolute atomic E-state index is 0.198. The van der Waals surface area contributed by atoms with Gasteiger partial charge in [-0.15, -0.1) is 11.3 Å². The molecule has 0 aromatic carbocycles.